The van der Waals surface area contributed by atoms with Crippen LogP contribution in [0, 0.1) is 6.92 Å². The largest absolute Gasteiger partial charge is 0.361 e. The Labute approximate surface area is 85.7 Å². The Morgan fingerprint density at radius 1 is 1.64 bits per heavy atom. The van der Waals surface area contributed by atoms with Crippen molar-refractivity contribution in [2.75, 3.05) is 13.1 Å². The van der Waals surface area contributed by atoms with Gasteiger partial charge in [0.05, 0.1) is 5.69 Å². The number of piperidine rings is 1. The standard InChI is InChI=1S/C10H17BN2O/c1-8-6-10(12-14-8)9-4-3-5-13(7-9)11-2/h6,9,11H,3-5,7H2,1-2H3. The van der Waals surface area contributed by atoms with Crippen LogP contribution in [0.15, 0.2) is 10.6 Å². The van der Waals surface area contributed by atoms with Gasteiger partial charge in [-0.2, -0.15) is 0 Å². The van der Waals surface area contributed by atoms with Gasteiger partial charge < -0.3 is 9.33 Å². The van der Waals surface area contributed by atoms with E-state index in [9.17, 15) is 0 Å². The van der Waals surface area contributed by atoms with Gasteiger partial charge in [0.2, 0.25) is 7.41 Å². The Kier molecular flexibility index (Phi) is 2.92. The second-order valence-corrected chi connectivity index (χ2v) is 4.09. The summed E-state index contributed by atoms with van der Waals surface area (Å²) in [6.45, 7) is 6.56. The summed E-state index contributed by atoms with van der Waals surface area (Å²) in [7, 11) is 1.15. The van der Waals surface area contributed by atoms with Crippen LogP contribution < -0.4 is 0 Å². The van der Waals surface area contributed by atoms with Gasteiger partial charge in [0.15, 0.2) is 0 Å². The van der Waals surface area contributed by atoms with Gasteiger partial charge in [0, 0.05) is 12.0 Å². The fourth-order valence-electron chi connectivity index (χ4n) is 2.16. The summed E-state index contributed by atoms with van der Waals surface area (Å²) < 4.78 is 5.12. The lowest BCUT2D eigenvalue weighted by Crippen LogP contribution is -2.35. The number of aromatic nitrogens is 1. The summed E-state index contributed by atoms with van der Waals surface area (Å²) in [6, 6.07) is 2.07. The van der Waals surface area contributed by atoms with E-state index in [0.717, 1.165) is 25.4 Å². The van der Waals surface area contributed by atoms with E-state index in [1.165, 1.54) is 19.4 Å². The molecule has 0 saturated carbocycles. The summed E-state index contributed by atoms with van der Waals surface area (Å²) in [5.41, 5.74) is 1.14. The highest BCUT2D eigenvalue weighted by atomic mass is 16.5. The molecule has 1 aromatic rings. The van der Waals surface area contributed by atoms with Crippen molar-refractivity contribution in [1.82, 2.24) is 9.97 Å². The molecule has 14 heavy (non-hydrogen) atoms. The molecule has 0 bridgehead atoms. The molecular formula is C10H17BN2O. The van der Waals surface area contributed by atoms with Crippen LogP contribution in [0.4, 0.5) is 0 Å². The Balaban J connectivity index is 2.04. The molecule has 1 aliphatic rings. The normalized spacial score (nSPS) is 23.7. The third kappa shape index (κ3) is 2.00. The van der Waals surface area contributed by atoms with Gasteiger partial charge in [-0.1, -0.05) is 12.0 Å². The first-order chi connectivity index (χ1) is 6.79. The lowest BCUT2D eigenvalue weighted by Gasteiger charge is -2.30. The topological polar surface area (TPSA) is 29.3 Å². The molecule has 0 aliphatic carbocycles. The van der Waals surface area contributed by atoms with Crippen molar-refractivity contribution in [2.24, 2.45) is 0 Å². The second kappa shape index (κ2) is 4.17. The van der Waals surface area contributed by atoms with Crippen molar-refractivity contribution in [3.8, 4) is 0 Å². The maximum atomic E-state index is 5.12. The van der Waals surface area contributed by atoms with Gasteiger partial charge in [-0.05, 0) is 32.9 Å². The maximum absolute atomic E-state index is 5.12. The number of rotatable bonds is 2. The van der Waals surface area contributed by atoms with E-state index in [1.54, 1.807) is 0 Å². The molecular weight excluding hydrogens is 175 g/mol. The molecule has 0 aromatic carbocycles. The molecule has 1 aliphatic heterocycles. The third-order valence-corrected chi connectivity index (χ3v) is 3.02. The Hall–Kier alpha value is -0.765. The van der Waals surface area contributed by atoms with Gasteiger partial charge in [-0.25, -0.2) is 0 Å². The minimum atomic E-state index is 0.584. The Morgan fingerprint density at radius 2 is 2.50 bits per heavy atom. The molecule has 3 nitrogen and oxygen atoms in total. The van der Waals surface area contributed by atoms with Gasteiger partial charge in [-0.15, -0.1) is 0 Å². The van der Waals surface area contributed by atoms with E-state index < -0.39 is 0 Å². The van der Waals surface area contributed by atoms with Crippen LogP contribution in [0.2, 0.25) is 6.82 Å². The molecule has 1 atom stereocenters. The molecule has 0 N–H and O–H groups in total. The summed E-state index contributed by atoms with van der Waals surface area (Å²) in [6.07, 6.45) is 2.53. The Bertz CT molecular complexity index is 300. The molecule has 0 radical (unpaired) electrons. The first-order valence-corrected chi connectivity index (χ1v) is 5.45. The minimum Gasteiger partial charge on any atom is -0.361 e. The molecule has 0 spiro atoms. The molecule has 4 heteroatoms. The van der Waals surface area contributed by atoms with Gasteiger partial charge in [0.1, 0.15) is 5.76 Å². The van der Waals surface area contributed by atoms with Crippen molar-refractivity contribution < 1.29 is 4.52 Å². The molecule has 1 unspecified atom stereocenters. The predicted molar refractivity (Wildman–Crippen MR) is 57.8 cm³/mol. The summed E-state index contributed by atoms with van der Waals surface area (Å²) in [5.74, 6) is 1.51. The summed E-state index contributed by atoms with van der Waals surface area (Å²) in [5, 5.41) is 4.11. The second-order valence-electron chi connectivity index (χ2n) is 4.09. The molecule has 2 rings (SSSR count). The zero-order valence-corrected chi connectivity index (χ0v) is 8.99. The maximum Gasteiger partial charge on any atom is 0.201 e. The van der Waals surface area contributed by atoms with Crippen LogP contribution >= 0.6 is 0 Å². The predicted octanol–water partition coefficient (Wildman–Crippen LogP) is 1.56. The highest BCUT2D eigenvalue weighted by molar-refractivity contribution is 6.29. The lowest BCUT2D eigenvalue weighted by atomic mass is 9.86. The number of aryl methyl sites for hydroxylation is 1. The first kappa shape index (κ1) is 9.78. The summed E-state index contributed by atoms with van der Waals surface area (Å²) in [4.78, 5) is 2.48. The smallest absolute Gasteiger partial charge is 0.201 e. The van der Waals surface area contributed by atoms with E-state index in [2.05, 4.69) is 22.9 Å². The molecule has 76 valence electrons. The SMILES string of the molecule is CBN1CCCC(c2cc(C)on2)C1. The number of nitrogens with zero attached hydrogens (tertiary/aromatic N) is 2. The van der Waals surface area contributed by atoms with E-state index in [-0.39, 0.29) is 0 Å². The van der Waals surface area contributed by atoms with Gasteiger partial charge in [0.25, 0.3) is 0 Å². The molecule has 0 amide bonds. The monoisotopic (exact) mass is 192 g/mol. The van der Waals surface area contributed by atoms with E-state index in [1.807, 2.05) is 6.92 Å². The van der Waals surface area contributed by atoms with Gasteiger partial charge >= 0.3 is 0 Å². The van der Waals surface area contributed by atoms with Crippen LogP contribution in [-0.4, -0.2) is 30.5 Å². The van der Waals surface area contributed by atoms with Gasteiger partial charge in [-0.3, -0.25) is 0 Å². The average Bonchev–Trinajstić information content (AvgIpc) is 2.65. The van der Waals surface area contributed by atoms with Crippen molar-refractivity contribution in [3.05, 3.63) is 17.5 Å². The zero-order chi connectivity index (χ0) is 9.97. The van der Waals surface area contributed by atoms with Crippen LogP contribution in [0.5, 0.6) is 0 Å². The van der Waals surface area contributed by atoms with Crippen molar-refractivity contribution in [2.45, 2.75) is 32.5 Å². The highest BCUT2D eigenvalue weighted by Crippen LogP contribution is 2.25. The third-order valence-electron chi connectivity index (χ3n) is 3.02. The highest BCUT2D eigenvalue weighted by Gasteiger charge is 2.22. The molecule has 1 aromatic heterocycles. The molecule has 1 fully saturated rings. The van der Waals surface area contributed by atoms with E-state index in [0.29, 0.717) is 5.92 Å². The van der Waals surface area contributed by atoms with Crippen LogP contribution in [0.3, 0.4) is 0 Å². The number of hydrogen-bond acceptors (Lipinski definition) is 3. The first-order valence-electron chi connectivity index (χ1n) is 5.45. The van der Waals surface area contributed by atoms with Crippen molar-refractivity contribution in [1.29, 1.82) is 0 Å². The molecule has 1 saturated heterocycles. The summed E-state index contributed by atoms with van der Waals surface area (Å²) >= 11 is 0. The zero-order valence-electron chi connectivity index (χ0n) is 8.99. The van der Waals surface area contributed by atoms with Crippen LogP contribution in [-0.2, 0) is 0 Å². The Morgan fingerprint density at radius 3 is 3.14 bits per heavy atom. The van der Waals surface area contributed by atoms with Crippen LogP contribution in [0.1, 0.15) is 30.2 Å². The fraction of sp³-hybridized carbons (Fsp3) is 0.700. The lowest BCUT2D eigenvalue weighted by molar-refractivity contribution is 0.309. The fourth-order valence-corrected chi connectivity index (χ4v) is 2.16. The molecule has 2 heterocycles. The van der Waals surface area contributed by atoms with Crippen molar-refractivity contribution >= 4 is 7.41 Å². The number of hydrogen-bond donors (Lipinski definition) is 0. The van der Waals surface area contributed by atoms with Crippen LogP contribution in [0.25, 0.3) is 0 Å². The minimum absolute atomic E-state index is 0.584. The van der Waals surface area contributed by atoms with E-state index >= 15 is 0 Å². The quantitative estimate of drug-likeness (QED) is 0.666. The van der Waals surface area contributed by atoms with E-state index in [4.69, 9.17) is 4.52 Å². The van der Waals surface area contributed by atoms with Crippen molar-refractivity contribution in [3.63, 3.8) is 0 Å². The average molecular weight is 192 g/mol.